The molecule has 0 spiro atoms. The summed E-state index contributed by atoms with van der Waals surface area (Å²) in [5, 5.41) is 0. The second-order valence-corrected chi connectivity index (χ2v) is 7.90. The summed E-state index contributed by atoms with van der Waals surface area (Å²) in [5.74, 6) is 0. The van der Waals surface area contributed by atoms with E-state index in [1.54, 1.807) is 0 Å². The van der Waals surface area contributed by atoms with E-state index in [0.29, 0.717) is 12.1 Å². The first-order chi connectivity index (χ1) is 12.7. The normalized spacial score (nSPS) is 24.4. The van der Waals surface area contributed by atoms with Crippen LogP contribution in [0.3, 0.4) is 0 Å². The Morgan fingerprint density at radius 3 is 1.65 bits per heavy atom. The van der Waals surface area contributed by atoms with E-state index in [0.717, 1.165) is 24.5 Å². The van der Waals surface area contributed by atoms with Crippen LogP contribution in [0.25, 0.3) is 0 Å². The van der Waals surface area contributed by atoms with Crippen molar-refractivity contribution in [3.8, 4) is 0 Å². The quantitative estimate of drug-likeness (QED) is 0.823. The van der Waals surface area contributed by atoms with Crippen molar-refractivity contribution in [1.29, 1.82) is 0 Å². The zero-order chi connectivity index (χ0) is 17.9. The van der Waals surface area contributed by atoms with Gasteiger partial charge in [-0.25, -0.2) is 0 Å². The van der Waals surface area contributed by atoms with E-state index in [-0.39, 0.29) is 0 Å². The summed E-state index contributed by atoms with van der Waals surface area (Å²) >= 11 is 0. The molecule has 2 aromatic rings. The molecule has 4 heterocycles. The van der Waals surface area contributed by atoms with Gasteiger partial charge >= 0.3 is 0 Å². The zero-order valence-electron chi connectivity index (χ0n) is 16.1. The number of rotatable bonds is 5. The summed E-state index contributed by atoms with van der Waals surface area (Å²) in [4.78, 5) is 14.8. The largest absolute Gasteiger partial charge is 0.293 e. The number of hydrogen-bond acceptors (Lipinski definition) is 4. The SMILES string of the molecule is Cc1cccc(CN2CCCC2C2CCCN2Cc2cccc(C)n2)n1. The fourth-order valence-corrected chi connectivity index (χ4v) is 4.76. The predicted octanol–water partition coefficient (Wildman–Crippen LogP) is 3.72. The lowest BCUT2D eigenvalue weighted by atomic mass is 10.0. The molecule has 0 aliphatic carbocycles. The van der Waals surface area contributed by atoms with Gasteiger partial charge in [0.1, 0.15) is 0 Å². The summed E-state index contributed by atoms with van der Waals surface area (Å²) in [6.07, 6.45) is 5.25. The number of hydrogen-bond donors (Lipinski definition) is 0. The van der Waals surface area contributed by atoms with Crippen LogP contribution < -0.4 is 0 Å². The first-order valence-electron chi connectivity index (χ1n) is 10.0. The monoisotopic (exact) mass is 350 g/mol. The molecule has 0 radical (unpaired) electrons. The van der Waals surface area contributed by atoms with Gasteiger partial charge in [0.15, 0.2) is 0 Å². The van der Waals surface area contributed by atoms with Crippen molar-refractivity contribution in [2.24, 2.45) is 0 Å². The zero-order valence-corrected chi connectivity index (χ0v) is 16.1. The number of pyridine rings is 2. The number of aromatic nitrogens is 2. The van der Waals surface area contributed by atoms with Crippen LogP contribution in [0, 0.1) is 13.8 Å². The van der Waals surface area contributed by atoms with Crippen LogP contribution in [0.5, 0.6) is 0 Å². The van der Waals surface area contributed by atoms with Crippen LogP contribution in [-0.2, 0) is 13.1 Å². The molecule has 2 atom stereocenters. The lowest BCUT2D eigenvalue weighted by Crippen LogP contribution is -2.45. The fraction of sp³-hybridized carbons (Fsp3) is 0.545. The number of likely N-dealkylation sites (tertiary alicyclic amines) is 2. The first kappa shape index (κ1) is 17.6. The van der Waals surface area contributed by atoms with Gasteiger partial charge in [-0.05, 0) is 76.9 Å². The Kier molecular flexibility index (Phi) is 5.32. The summed E-state index contributed by atoms with van der Waals surface area (Å²) in [6, 6.07) is 14.1. The van der Waals surface area contributed by atoms with Crippen molar-refractivity contribution < 1.29 is 0 Å². The van der Waals surface area contributed by atoms with Crippen LogP contribution in [0.2, 0.25) is 0 Å². The standard InChI is InChI=1S/C22H30N4/c1-17-7-3-9-19(23-17)15-25-13-5-11-21(25)22-12-6-14-26(22)16-20-10-4-8-18(2)24-20/h3-4,7-10,21-22H,5-6,11-16H2,1-2H3. The molecule has 0 aromatic carbocycles. The second-order valence-electron chi connectivity index (χ2n) is 7.90. The minimum Gasteiger partial charge on any atom is -0.293 e. The van der Waals surface area contributed by atoms with Crippen molar-refractivity contribution in [3.05, 3.63) is 59.2 Å². The van der Waals surface area contributed by atoms with Gasteiger partial charge in [-0.3, -0.25) is 19.8 Å². The maximum absolute atomic E-state index is 4.73. The highest BCUT2D eigenvalue weighted by atomic mass is 15.3. The van der Waals surface area contributed by atoms with E-state index in [9.17, 15) is 0 Å². The molecule has 0 amide bonds. The van der Waals surface area contributed by atoms with Crippen molar-refractivity contribution in [1.82, 2.24) is 19.8 Å². The second kappa shape index (κ2) is 7.85. The van der Waals surface area contributed by atoms with Gasteiger partial charge in [0.05, 0.1) is 11.4 Å². The molecule has 2 aliphatic heterocycles. The van der Waals surface area contributed by atoms with E-state index in [4.69, 9.17) is 9.97 Å². The Morgan fingerprint density at radius 2 is 1.23 bits per heavy atom. The van der Waals surface area contributed by atoms with Crippen molar-refractivity contribution in [2.45, 2.75) is 64.7 Å². The molecule has 2 saturated heterocycles. The van der Waals surface area contributed by atoms with Gasteiger partial charge in [-0.1, -0.05) is 12.1 Å². The molecule has 0 saturated carbocycles. The maximum atomic E-state index is 4.73. The Balaban J connectivity index is 1.45. The van der Waals surface area contributed by atoms with Gasteiger partial charge < -0.3 is 0 Å². The molecule has 2 aromatic heterocycles. The maximum Gasteiger partial charge on any atom is 0.0547 e. The van der Waals surface area contributed by atoms with E-state index >= 15 is 0 Å². The van der Waals surface area contributed by atoms with Crippen molar-refractivity contribution >= 4 is 0 Å². The van der Waals surface area contributed by atoms with Crippen LogP contribution in [-0.4, -0.2) is 44.9 Å². The average Bonchev–Trinajstić information content (AvgIpc) is 3.24. The van der Waals surface area contributed by atoms with Gasteiger partial charge in [-0.2, -0.15) is 0 Å². The topological polar surface area (TPSA) is 32.3 Å². The molecule has 4 nitrogen and oxygen atoms in total. The molecular formula is C22H30N4. The van der Waals surface area contributed by atoms with Gasteiger partial charge in [-0.15, -0.1) is 0 Å². The molecule has 0 bridgehead atoms. The van der Waals surface area contributed by atoms with Gasteiger partial charge in [0.2, 0.25) is 0 Å². The molecule has 2 aliphatic rings. The molecular weight excluding hydrogens is 320 g/mol. The van der Waals surface area contributed by atoms with E-state index in [1.807, 2.05) is 0 Å². The van der Waals surface area contributed by atoms with Crippen LogP contribution in [0.4, 0.5) is 0 Å². The van der Waals surface area contributed by atoms with Gasteiger partial charge in [0, 0.05) is 36.6 Å². The molecule has 0 N–H and O–H groups in total. The Labute approximate surface area is 157 Å². The smallest absolute Gasteiger partial charge is 0.0547 e. The highest BCUT2D eigenvalue weighted by Crippen LogP contribution is 2.31. The van der Waals surface area contributed by atoms with Crippen molar-refractivity contribution in [2.75, 3.05) is 13.1 Å². The van der Waals surface area contributed by atoms with Crippen LogP contribution in [0.1, 0.15) is 48.5 Å². The van der Waals surface area contributed by atoms with Crippen LogP contribution in [0.15, 0.2) is 36.4 Å². The Morgan fingerprint density at radius 1 is 0.769 bits per heavy atom. The minimum absolute atomic E-state index is 0.657. The van der Waals surface area contributed by atoms with E-state index in [1.165, 1.54) is 50.2 Å². The molecule has 4 heteroatoms. The third kappa shape index (κ3) is 3.97. The third-order valence-electron chi connectivity index (χ3n) is 5.89. The minimum atomic E-state index is 0.657. The predicted molar refractivity (Wildman–Crippen MR) is 105 cm³/mol. The Bertz CT molecular complexity index is 681. The fourth-order valence-electron chi connectivity index (χ4n) is 4.76. The molecule has 26 heavy (non-hydrogen) atoms. The summed E-state index contributed by atoms with van der Waals surface area (Å²) in [7, 11) is 0. The van der Waals surface area contributed by atoms with E-state index < -0.39 is 0 Å². The molecule has 4 rings (SSSR count). The Hall–Kier alpha value is -1.78. The molecule has 2 fully saturated rings. The summed E-state index contributed by atoms with van der Waals surface area (Å²) < 4.78 is 0. The van der Waals surface area contributed by atoms with E-state index in [2.05, 4.69) is 60.0 Å². The van der Waals surface area contributed by atoms with Crippen molar-refractivity contribution in [3.63, 3.8) is 0 Å². The highest BCUT2D eigenvalue weighted by molar-refractivity contribution is 5.12. The summed E-state index contributed by atoms with van der Waals surface area (Å²) in [5.41, 5.74) is 4.65. The molecule has 2 unspecified atom stereocenters. The summed E-state index contributed by atoms with van der Waals surface area (Å²) in [6.45, 7) is 8.54. The number of nitrogens with zero attached hydrogens (tertiary/aromatic N) is 4. The highest BCUT2D eigenvalue weighted by Gasteiger charge is 2.37. The number of aryl methyl sites for hydroxylation is 2. The lowest BCUT2D eigenvalue weighted by molar-refractivity contribution is 0.122. The van der Waals surface area contributed by atoms with Crippen LogP contribution >= 0.6 is 0 Å². The lowest BCUT2D eigenvalue weighted by Gasteiger charge is -2.35. The van der Waals surface area contributed by atoms with Gasteiger partial charge in [0.25, 0.3) is 0 Å². The first-order valence-corrected chi connectivity index (χ1v) is 10.0. The third-order valence-corrected chi connectivity index (χ3v) is 5.89. The average molecular weight is 351 g/mol. The molecule has 138 valence electrons.